The van der Waals surface area contributed by atoms with E-state index in [-0.39, 0.29) is 5.76 Å². The lowest BCUT2D eigenvalue weighted by atomic mass is 10.1. The van der Waals surface area contributed by atoms with Crippen molar-refractivity contribution in [2.24, 2.45) is 5.10 Å². The van der Waals surface area contributed by atoms with Crippen molar-refractivity contribution in [2.75, 3.05) is 0 Å². The zero-order valence-corrected chi connectivity index (χ0v) is 25.3. The SMILES string of the molecule is O=C(N/N=C/c1cc(-c2ccccc2)n(-c2ccc(Cl)cc2)c1-c1ccccc1)c1cc2cc(Br)cc(I)c2o1. The van der Waals surface area contributed by atoms with Crippen LogP contribution in [0.15, 0.2) is 123 Å². The number of nitrogens with one attached hydrogen (secondary N) is 1. The number of furan rings is 1. The van der Waals surface area contributed by atoms with Gasteiger partial charge in [-0.05, 0) is 82.2 Å². The van der Waals surface area contributed by atoms with E-state index in [1.807, 2.05) is 72.8 Å². The number of carbonyl (C=O) groups excluding carboxylic acids is 1. The topological polar surface area (TPSA) is 59.5 Å². The molecule has 0 bridgehead atoms. The largest absolute Gasteiger partial charge is 0.450 e. The average molecular weight is 721 g/mol. The van der Waals surface area contributed by atoms with Crippen LogP contribution in [0.2, 0.25) is 5.02 Å². The number of aromatic nitrogens is 1. The molecule has 1 N–H and O–H groups in total. The zero-order valence-electron chi connectivity index (χ0n) is 20.8. The second-order valence-corrected chi connectivity index (χ2v) is 11.5. The Kier molecular flexibility index (Phi) is 7.60. The lowest BCUT2D eigenvalue weighted by molar-refractivity contribution is 0.0929. The highest BCUT2D eigenvalue weighted by atomic mass is 127. The quantitative estimate of drug-likeness (QED) is 0.106. The third kappa shape index (κ3) is 5.37. The van der Waals surface area contributed by atoms with Gasteiger partial charge in [-0.3, -0.25) is 4.79 Å². The van der Waals surface area contributed by atoms with Gasteiger partial charge in [-0.2, -0.15) is 5.10 Å². The van der Waals surface area contributed by atoms with Gasteiger partial charge >= 0.3 is 5.91 Å². The van der Waals surface area contributed by atoms with Gasteiger partial charge in [-0.1, -0.05) is 88.2 Å². The summed E-state index contributed by atoms with van der Waals surface area (Å²) in [6, 6.07) is 35.6. The van der Waals surface area contributed by atoms with Crippen molar-refractivity contribution in [2.45, 2.75) is 0 Å². The molecule has 0 aliphatic rings. The Morgan fingerprint density at radius 1 is 0.900 bits per heavy atom. The number of fused-ring (bicyclic) bond motifs is 1. The van der Waals surface area contributed by atoms with Crippen LogP contribution < -0.4 is 5.43 Å². The first-order valence-electron chi connectivity index (χ1n) is 12.3. The summed E-state index contributed by atoms with van der Waals surface area (Å²) in [5.74, 6) is -0.240. The van der Waals surface area contributed by atoms with Crippen molar-refractivity contribution in [3.8, 4) is 28.2 Å². The van der Waals surface area contributed by atoms with Crippen LogP contribution in [-0.4, -0.2) is 16.7 Å². The van der Waals surface area contributed by atoms with Crippen LogP contribution in [0, 0.1) is 3.57 Å². The number of hydrogen-bond acceptors (Lipinski definition) is 3. The lowest BCUT2D eigenvalue weighted by Gasteiger charge is -2.15. The fourth-order valence-corrected chi connectivity index (χ4v) is 6.39. The molecule has 2 heterocycles. The molecule has 0 saturated carbocycles. The average Bonchev–Trinajstić information content (AvgIpc) is 3.57. The molecule has 0 saturated heterocycles. The Hall–Kier alpha value is -3.66. The third-order valence-electron chi connectivity index (χ3n) is 6.36. The van der Waals surface area contributed by atoms with Gasteiger partial charge in [0.15, 0.2) is 5.76 Å². The van der Waals surface area contributed by atoms with Crippen LogP contribution >= 0.6 is 50.1 Å². The molecule has 0 spiro atoms. The predicted molar refractivity (Wildman–Crippen MR) is 173 cm³/mol. The van der Waals surface area contributed by atoms with E-state index < -0.39 is 5.91 Å². The van der Waals surface area contributed by atoms with E-state index in [4.69, 9.17) is 16.0 Å². The van der Waals surface area contributed by atoms with Crippen molar-refractivity contribution in [1.82, 2.24) is 9.99 Å². The Morgan fingerprint density at radius 3 is 2.27 bits per heavy atom. The van der Waals surface area contributed by atoms with Gasteiger partial charge in [0.05, 0.1) is 21.2 Å². The van der Waals surface area contributed by atoms with E-state index in [0.29, 0.717) is 10.6 Å². The first-order chi connectivity index (χ1) is 19.5. The normalized spacial score (nSPS) is 11.4. The summed E-state index contributed by atoms with van der Waals surface area (Å²) >= 11 is 11.9. The number of carbonyl (C=O) groups is 1. The highest BCUT2D eigenvalue weighted by Gasteiger charge is 2.19. The highest BCUT2D eigenvalue weighted by Crippen LogP contribution is 2.36. The van der Waals surface area contributed by atoms with E-state index in [9.17, 15) is 4.79 Å². The monoisotopic (exact) mass is 719 g/mol. The van der Waals surface area contributed by atoms with Crippen molar-refractivity contribution < 1.29 is 9.21 Å². The van der Waals surface area contributed by atoms with E-state index in [0.717, 1.165) is 47.2 Å². The first-order valence-corrected chi connectivity index (χ1v) is 14.6. The molecule has 8 heteroatoms. The van der Waals surface area contributed by atoms with Gasteiger partial charge in [0.1, 0.15) is 5.58 Å². The molecular weight excluding hydrogens is 701 g/mol. The van der Waals surface area contributed by atoms with Gasteiger partial charge < -0.3 is 8.98 Å². The molecule has 0 aliphatic heterocycles. The molecule has 196 valence electrons. The molecule has 0 radical (unpaired) electrons. The Balaban J connectivity index is 1.43. The molecule has 5 nitrogen and oxygen atoms in total. The molecule has 0 unspecified atom stereocenters. The fraction of sp³-hybridized carbons (Fsp3) is 0. The van der Waals surface area contributed by atoms with Crippen molar-refractivity contribution in [3.63, 3.8) is 0 Å². The summed E-state index contributed by atoms with van der Waals surface area (Å²) in [4.78, 5) is 13.0. The van der Waals surface area contributed by atoms with Crippen LogP contribution in [0.3, 0.4) is 0 Å². The number of benzene rings is 4. The van der Waals surface area contributed by atoms with Gasteiger partial charge in [0, 0.05) is 26.1 Å². The first kappa shape index (κ1) is 26.6. The number of halogens is 3. The van der Waals surface area contributed by atoms with Gasteiger partial charge in [0.2, 0.25) is 0 Å². The lowest BCUT2D eigenvalue weighted by Crippen LogP contribution is -2.16. The van der Waals surface area contributed by atoms with E-state index >= 15 is 0 Å². The maximum Gasteiger partial charge on any atom is 0.307 e. The fourth-order valence-electron chi connectivity index (χ4n) is 4.60. The molecule has 6 rings (SSSR count). The molecule has 2 aromatic heterocycles. The molecule has 0 aliphatic carbocycles. The number of rotatable bonds is 6. The number of hydrogen-bond donors (Lipinski definition) is 1. The molecule has 0 fully saturated rings. The van der Waals surface area contributed by atoms with Crippen LogP contribution in [0.1, 0.15) is 16.1 Å². The number of nitrogens with zero attached hydrogens (tertiary/aromatic N) is 2. The molecule has 4 aromatic carbocycles. The van der Waals surface area contributed by atoms with Crippen molar-refractivity contribution in [1.29, 1.82) is 0 Å². The summed E-state index contributed by atoms with van der Waals surface area (Å²) in [6.07, 6.45) is 1.67. The van der Waals surface area contributed by atoms with E-state index in [2.05, 4.69) is 83.9 Å². The van der Waals surface area contributed by atoms with Crippen molar-refractivity contribution >= 4 is 73.2 Å². The minimum atomic E-state index is -0.430. The second kappa shape index (κ2) is 11.4. The summed E-state index contributed by atoms with van der Waals surface area (Å²) < 4.78 is 9.85. The maximum atomic E-state index is 13.0. The van der Waals surface area contributed by atoms with Crippen LogP contribution in [0.4, 0.5) is 0 Å². The van der Waals surface area contributed by atoms with Crippen LogP contribution in [0.5, 0.6) is 0 Å². The minimum absolute atomic E-state index is 0.190. The smallest absolute Gasteiger partial charge is 0.307 e. The highest BCUT2D eigenvalue weighted by molar-refractivity contribution is 14.1. The summed E-state index contributed by atoms with van der Waals surface area (Å²) in [5, 5.41) is 5.84. The predicted octanol–water partition coefficient (Wildman–Crippen LogP) is 9.34. The van der Waals surface area contributed by atoms with Gasteiger partial charge in [-0.15, -0.1) is 0 Å². The molecule has 40 heavy (non-hydrogen) atoms. The maximum absolute atomic E-state index is 13.0. The molecule has 1 amide bonds. The summed E-state index contributed by atoms with van der Waals surface area (Å²) in [6.45, 7) is 0. The Bertz CT molecular complexity index is 1860. The number of amides is 1. The minimum Gasteiger partial charge on any atom is -0.450 e. The van der Waals surface area contributed by atoms with Gasteiger partial charge in [0.25, 0.3) is 0 Å². The standard InChI is InChI=1S/C32H20BrClIN3O2/c33-24-15-22-17-29(40-31(22)27(35)18-24)32(39)37-36-19-23-16-28(20-7-3-1-4-8-20)38(26-13-11-25(34)12-14-26)30(23)21-9-5-2-6-10-21/h1-19H,(H,37,39)/b36-19+. The van der Waals surface area contributed by atoms with Gasteiger partial charge in [-0.25, -0.2) is 5.43 Å². The van der Waals surface area contributed by atoms with Crippen LogP contribution in [0.25, 0.3) is 39.2 Å². The van der Waals surface area contributed by atoms with Crippen LogP contribution in [-0.2, 0) is 0 Å². The summed E-state index contributed by atoms with van der Waals surface area (Å²) in [5.41, 5.74) is 9.04. The Morgan fingerprint density at radius 2 is 1.57 bits per heavy atom. The zero-order chi connectivity index (χ0) is 27.6. The third-order valence-corrected chi connectivity index (χ3v) is 7.87. The van der Waals surface area contributed by atoms with E-state index in [1.54, 1.807) is 12.3 Å². The van der Waals surface area contributed by atoms with E-state index in [1.165, 1.54) is 0 Å². The number of hydrazone groups is 1. The molecule has 0 atom stereocenters. The summed E-state index contributed by atoms with van der Waals surface area (Å²) in [7, 11) is 0. The van der Waals surface area contributed by atoms with Crippen molar-refractivity contribution in [3.05, 3.63) is 134 Å². The molecule has 6 aromatic rings. The Labute approximate surface area is 257 Å². The molecular formula is C32H20BrClIN3O2. The second-order valence-electron chi connectivity index (χ2n) is 8.99.